The predicted octanol–water partition coefficient (Wildman–Crippen LogP) is 2.65. The smallest absolute Gasteiger partial charge is 0.341 e. The van der Waals surface area contributed by atoms with Gasteiger partial charge in [0.05, 0.1) is 5.52 Å². The minimum absolute atomic E-state index is 0.136. The van der Waals surface area contributed by atoms with Gasteiger partial charge >= 0.3 is 5.97 Å². The zero-order chi connectivity index (χ0) is 13.7. The van der Waals surface area contributed by atoms with Crippen molar-refractivity contribution in [1.29, 1.82) is 0 Å². The molecule has 1 fully saturated rings. The summed E-state index contributed by atoms with van der Waals surface area (Å²) in [4.78, 5) is 23.4. The van der Waals surface area contributed by atoms with Crippen molar-refractivity contribution in [1.82, 2.24) is 4.57 Å². The van der Waals surface area contributed by atoms with Gasteiger partial charge in [-0.3, -0.25) is 4.79 Å². The van der Waals surface area contributed by atoms with Crippen LogP contribution in [0, 0.1) is 13.8 Å². The lowest BCUT2D eigenvalue weighted by atomic mass is 10.0. The SMILES string of the molecule is Cc1ccc2c(=O)c(C(=O)O)cn(C3CC3)c2c1C. The Kier molecular flexibility index (Phi) is 2.49. The number of carboxylic acid groups (broad SMARTS) is 1. The summed E-state index contributed by atoms with van der Waals surface area (Å²) in [6.45, 7) is 3.98. The van der Waals surface area contributed by atoms with Gasteiger partial charge in [-0.1, -0.05) is 6.07 Å². The summed E-state index contributed by atoms with van der Waals surface area (Å²) in [6.07, 6.45) is 3.60. The molecule has 0 saturated heterocycles. The third kappa shape index (κ3) is 1.75. The van der Waals surface area contributed by atoms with Crippen LogP contribution in [0.5, 0.6) is 0 Å². The number of carbonyl (C=O) groups is 1. The highest BCUT2D eigenvalue weighted by molar-refractivity contribution is 5.93. The minimum atomic E-state index is -1.15. The summed E-state index contributed by atoms with van der Waals surface area (Å²) in [5.41, 5.74) is 2.53. The topological polar surface area (TPSA) is 59.3 Å². The second kappa shape index (κ2) is 3.95. The van der Waals surface area contributed by atoms with Gasteiger partial charge in [0.15, 0.2) is 0 Å². The maximum atomic E-state index is 12.2. The van der Waals surface area contributed by atoms with Crippen molar-refractivity contribution in [3.05, 3.63) is 45.2 Å². The number of aryl methyl sites for hydroxylation is 2. The van der Waals surface area contributed by atoms with Crippen molar-refractivity contribution >= 4 is 16.9 Å². The van der Waals surface area contributed by atoms with E-state index >= 15 is 0 Å². The Hall–Kier alpha value is -2.10. The van der Waals surface area contributed by atoms with E-state index in [1.54, 1.807) is 6.07 Å². The van der Waals surface area contributed by atoms with Crippen LogP contribution in [-0.4, -0.2) is 15.6 Å². The second-order valence-corrected chi connectivity index (χ2v) is 5.22. The molecule has 1 aromatic carbocycles. The molecule has 98 valence electrons. The number of aromatic carboxylic acids is 1. The highest BCUT2D eigenvalue weighted by Gasteiger charge is 2.27. The van der Waals surface area contributed by atoms with E-state index in [0.29, 0.717) is 11.4 Å². The van der Waals surface area contributed by atoms with E-state index < -0.39 is 5.97 Å². The van der Waals surface area contributed by atoms with E-state index in [1.165, 1.54) is 6.20 Å². The Morgan fingerprint density at radius 1 is 1.32 bits per heavy atom. The number of hydrogen-bond donors (Lipinski definition) is 1. The van der Waals surface area contributed by atoms with Gasteiger partial charge in [0, 0.05) is 17.6 Å². The van der Waals surface area contributed by atoms with Crippen LogP contribution in [0.15, 0.2) is 23.1 Å². The third-order valence-electron chi connectivity index (χ3n) is 3.89. The molecule has 19 heavy (non-hydrogen) atoms. The Balaban J connectivity index is 2.49. The molecular formula is C15H15NO3. The van der Waals surface area contributed by atoms with Crippen molar-refractivity contribution in [2.45, 2.75) is 32.7 Å². The highest BCUT2D eigenvalue weighted by Crippen LogP contribution is 2.37. The molecule has 1 aliphatic carbocycles. The largest absolute Gasteiger partial charge is 0.477 e. The number of benzene rings is 1. The van der Waals surface area contributed by atoms with Crippen LogP contribution in [0.4, 0.5) is 0 Å². The lowest BCUT2D eigenvalue weighted by Gasteiger charge is -2.15. The first-order chi connectivity index (χ1) is 9.00. The van der Waals surface area contributed by atoms with Crippen molar-refractivity contribution in [2.75, 3.05) is 0 Å². The Morgan fingerprint density at radius 3 is 2.58 bits per heavy atom. The minimum Gasteiger partial charge on any atom is -0.477 e. The van der Waals surface area contributed by atoms with Crippen LogP contribution in [0.3, 0.4) is 0 Å². The quantitative estimate of drug-likeness (QED) is 0.899. The fourth-order valence-electron chi connectivity index (χ4n) is 2.52. The van der Waals surface area contributed by atoms with E-state index in [-0.39, 0.29) is 11.0 Å². The molecule has 1 aromatic heterocycles. The first kappa shape index (κ1) is 12.0. The van der Waals surface area contributed by atoms with Crippen LogP contribution >= 0.6 is 0 Å². The number of aromatic nitrogens is 1. The number of carboxylic acids is 1. The Morgan fingerprint density at radius 2 is 2.00 bits per heavy atom. The first-order valence-electron chi connectivity index (χ1n) is 6.39. The van der Waals surface area contributed by atoms with Gasteiger partial charge in [0.1, 0.15) is 5.56 Å². The maximum Gasteiger partial charge on any atom is 0.341 e. The average Bonchev–Trinajstić information content (AvgIpc) is 3.18. The van der Waals surface area contributed by atoms with Crippen molar-refractivity contribution in [2.24, 2.45) is 0 Å². The molecule has 4 nitrogen and oxygen atoms in total. The summed E-state index contributed by atoms with van der Waals surface area (Å²) < 4.78 is 1.97. The molecule has 0 radical (unpaired) electrons. The molecule has 0 amide bonds. The average molecular weight is 257 g/mol. The standard InChI is InChI=1S/C15H15NO3/c1-8-3-6-11-13(9(8)2)16(10-4-5-10)7-12(14(11)17)15(18)19/h3,6-7,10H,4-5H2,1-2H3,(H,18,19). The first-order valence-corrected chi connectivity index (χ1v) is 6.39. The van der Waals surface area contributed by atoms with E-state index in [4.69, 9.17) is 5.11 Å². The second-order valence-electron chi connectivity index (χ2n) is 5.22. The summed E-state index contributed by atoms with van der Waals surface area (Å²) in [5.74, 6) is -1.15. The van der Waals surface area contributed by atoms with Crippen LogP contribution in [0.1, 0.15) is 40.4 Å². The molecule has 2 aromatic rings. The fourth-order valence-corrected chi connectivity index (χ4v) is 2.52. The van der Waals surface area contributed by atoms with Crippen molar-refractivity contribution in [3.8, 4) is 0 Å². The lowest BCUT2D eigenvalue weighted by Crippen LogP contribution is -2.19. The number of rotatable bonds is 2. The third-order valence-corrected chi connectivity index (χ3v) is 3.89. The zero-order valence-electron chi connectivity index (χ0n) is 10.9. The van der Waals surface area contributed by atoms with E-state index in [0.717, 1.165) is 29.5 Å². The van der Waals surface area contributed by atoms with Crippen molar-refractivity contribution in [3.63, 3.8) is 0 Å². The molecule has 1 aliphatic rings. The maximum absolute atomic E-state index is 12.2. The number of hydrogen-bond acceptors (Lipinski definition) is 2. The molecule has 0 bridgehead atoms. The van der Waals surface area contributed by atoms with Crippen LogP contribution in [0.25, 0.3) is 10.9 Å². The molecule has 0 unspecified atom stereocenters. The number of pyridine rings is 1. The number of nitrogens with zero attached hydrogens (tertiary/aromatic N) is 1. The van der Waals surface area contributed by atoms with Crippen LogP contribution in [-0.2, 0) is 0 Å². The predicted molar refractivity (Wildman–Crippen MR) is 72.9 cm³/mol. The van der Waals surface area contributed by atoms with Gasteiger partial charge in [0.25, 0.3) is 0 Å². The van der Waals surface area contributed by atoms with Crippen LogP contribution < -0.4 is 5.43 Å². The van der Waals surface area contributed by atoms with Crippen molar-refractivity contribution < 1.29 is 9.90 Å². The van der Waals surface area contributed by atoms with Gasteiger partial charge in [0.2, 0.25) is 5.43 Å². The Labute approximate surface area is 110 Å². The number of fused-ring (bicyclic) bond motifs is 1. The van der Waals surface area contributed by atoms with Gasteiger partial charge in [-0.2, -0.15) is 0 Å². The van der Waals surface area contributed by atoms with E-state index in [9.17, 15) is 9.59 Å². The molecular weight excluding hydrogens is 242 g/mol. The molecule has 0 atom stereocenters. The summed E-state index contributed by atoms with van der Waals surface area (Å²) in [5, 5.41) is 9.67. The lowest BCUT2D eigenvalue weighted by molar-refractivity contribution is 0.0695. The summed E-state index contributed by atoms with van der Waals surface area (Å²) in [6, 6.07) is 3.95. The zero-order valence-corrected chi connectivity index (χ0v) is 10.9. The molecule has 1 saturated carbocycles. The molecule has 0 spiro atoms. The van der Waals surface area contributed by atoms with Gasteiger partial charge in [-0.15, -0.1) is 0 Å². The van der Waals surface area contributed by atoms with Crippen LogP contribution in [0.2, 0.25) is 0 Å². The molecule has 1 heterocycles. The van der Waals surface area contributed by atoms with Gasteiger partial charge in [-0.05, 0) is 43.9 Å². The highest BCUT2D eigenvalue weighted by atomic mass is 16.4. The molecule has 4 heteroatoms. The van der Waals surface area contributed by atoms with Gasteiger partial charge < -0.3 is 9.67 Å². The summed E-state index contributed by atoms with van der Waals surface area (Å²) >= 11 is 0. The summed E-state index contributed by atoms with van der Waals surface area (Å²) in [7, 11) is 0. The molecule has 0 aliphatic heterocycles. The molecule has 1 N–H and O–H groups in total. The normalized spacial score (nSPS) is 14.8. The molecule has 3 rings (SSSR count). The van der Waals surface area contributed by atoms with Gasteiger partial charge in [-0.25, -0.2) is 4.79 Å². The fraction of sp³-hybridized carbons (Fsp3) is 0.333. The monoisotopic (exact) mass is 257 g/mol. The Bertz CT molecular complexity index is 754. The van der Waals surface area contributed by atoms with E-state index in [1.807, 2.05) is 24.5 Å². The van der Waals surface area contributed by atoms with E-state index in [2.05, 4.69) is 0 Å².